The highest BCUT2D eigenvalue weighted by Crippen LogP contribution is 2.44. The van der Waals surface area contributed by atoms with Crippen LogP contribution in [0, 0.1) is 6.92 Å². The van der Waals surface area contributed by atoms with E-state index < -0.39 is 0 Å². The van der Waals surface area contributed by atoms with Gasteiger partial charge in [-0.2, -0.15) is 0 Å². The highest BCUT2D eigenvalue weighted by Gasteiger charge is 2.43. The number of nitrogens with one attached hydrogen (secondary N) is 1. The van der Waals surface area contributed by atoms with E-state index in [1.54, 1.807) is 0 Å². The Morgan fingerprint density at radius 3 is 2.52 bits per heavy atom. The van der Waals surface area contributed by atoms with E-state index in [0.29, 0.717) is 18.1 Å². The largest absolute Gasteiger partial charge is 0.325 e. The van der Waals surface area contributed by atoms with Gasteiger partial charge in [-0.1, -0.05) is 35.9 Å². The minimum Gasteiger partial charge on any atom is -0.325 e. The molecule has 3 aliphatic heterocycles. The molecule has 5 heteroatoms. The van der Waals surface area contributed by atoms with E-state index in [1.807, 2.05) is 6.07 Å². The fourth-order valence-electron chi connectivity index (χ4n) is 7.20. The zero-order chi connectivity index (χ0) is 22.4. The Labute approximate surface area is 202 Å². The molecule has 33 heavy (non-hydrogen) atoms. The monoisotopic (exact) mass is 462 g/mol. The van der Waals surface area contributed by atoms with Crippen molar-refractivity contribution in [1.29, 1.82) is 0 Å². The number of nitrogens with zero attached hydrogens (tertiary/aromatic N) is 3. The van der Waals surface area contributed by atoms with Gasteiger partial charge in [0.1, 0.15) is 5.82 Å². The fraction of sp³-hybridized carbons (Fsp3) is 0.536. The molecule has 6 rings (SSSR count). The number of rotatable bonds is 5. The average Bonchev–Trinajstić information content (AvgIpc) is 3.29. The topological polar surface area (TPSA) is 33.1 Å². The smallest absolute Gasteiger partial charge is 0.106 e. The summed E-state index contributed by atoms with van der Waals surface area (Å²) in [7, 11) is 0. The number of benzene rings is 2. The van der Waals surface area contributed by atoms with Crippen molar-refractivity contribution in [3.8, 4) is 0 Å². The number of halogens is 1. The molecule has 2 aromatic carbocycles. The third kappa shape index (κ3) is 3.90. The Morgan fingerprint density at radius 1 is 1.00 bits per heavy atom. The highest BCUT2D eigenvalue weighted by molar-refractivity contribution is 6.30. The summed E-state index contributed by atoms with van der Waals surface area (Å²) in [6, 6.07) is 19.3. The number of piperidine rings is 2. The molecule has 4 heterocycles. The van der Waals surface area contributed by atoms with Crippen molar-refractivity contribution < 1.29 is 0 Å². The van der Waals surface area contributed by atoms with Crippen molar-refractivity contribution >= 4 is 22.6 Å². The lowest BCUT2D eigenvalue weighted by Crippen LogP contribution is -2.47. The lowest BCUT2D eigenvalue weighted by atomic mass is 9.70. The van der Waals surface area contributed by atoms with Gasteiger partial charge in [-0.3, -0.25) is 4.90 Å². The van der Waals surface area contributed by atoms with Crippen LogP contribution in [-0.4, -0.2) is 46.2 Å². The molecule has 3 atom stereocenters. The molecule has 0 aliphatic carbocycles. The van der Waals surface area contributed by atoms with Gasteiger partial charge in [-0.25, -0.2) is 4.98 Å². The minimum atomic E-state index is 0.254. The quantitative estimate of drug-likeness (QED) is 0.514. The molecule has 0 spiro atoms. The first-order chi connectivity index (χ1) is 16.1. The Kier molecular flexibility index (Phi) is 5.72. The van der Waals surface area contributed by atoms with E-state index in [9.17, 15) is 0 Å². The number of hydrogen-bond acceptors (Lipinski definition) is 3. The second-order valence-corrected chi connectivity index (χ2v) is 11.0. The van der Waals surface area contributed by atoms with Crippen LogP contribution in [-0.2, 0) is 5.41 Å². The maximum absolute atomic E-state index is 6.42. The van der Waals surface area contributed by atoms with Gasteiger partial charge in [0.2, 0.25) is 0 Å². The summed E-state index contributed by atoms with van der Waals surface area (Å²) >= 11 is 6.42. The molecule has 3 aliphatic rings. The number of aryl methyl sites for hydroxylation is 1. The summed E-state index contributed by atoms with van der Waals surface area (Å²) in [5.74, 6) is 1.17. The zero-order valence-corrected chi connectivity index (χ0v) is 20.4. The van der Waals surface area contributed by atoms with Crippen LogP contribution < -0.4 is 5.32 Å². The minimum absolute atomic E-state index is 0.254. The van der Waals surface area contributed by atoms with E-state index in [-0.39, 0.29) is 5.41 Å². The molecule has 0 saturated carbocycles. The van der Waals surface area contributed by atoms with Crippen molar-refractivity contribution in [2.45, 2.75) is 75.4 Å². The van der Waals surface area contributed by atoms with E-state index in [4.69, 9.17) is 16.6 Å². The molecule has 1 aromatic heterocycles. The Morgan fingerprint density at radius 2 is 1.76 bits per heavy atom. The Hall–Kier alpha value is -1.88. The first-order valence-electron chi connectivity index (χ1n) is 12.8. The lowest BCUT2D eigenvalue weighted by Gasteiger charge is -2.44. The van der Waals surface area contributed by atoms with Crippen LogP contribution in [0.4, 0.5) is 0 Å². The fourth-order valence-corrected chi connectivity index (χ4v) is 7.39. The maximum atomic E-state index is 6.42. The average molecular weight is 463 g/mol. The summed E-state index contributed by atoms with van der Waals surface area (Å²) in [5, 5.41) is 4.45. The van der Waals surface area contributed by atoms with Gasteiger partial charge in [-0.05, 0) is 107 Å². The van der Waals surface area contributed by atoms with Crippen LogP contribution in [0.3, 0.4) is 0 Å². The molecule has 3 fully saturated rings. The van der Waals surface area contributed by atoms with Crippen molar-refractivity contribution in [3.63, 3.8) is 0 Å². The van der Waals surface area contributed by atoms with Gasteiger partial charge >= 0.3 is 0 Å². The van der Waals surface area contributed by atoms with Crippen LogP contribution in [0.25, 0.3) is 11.0 Å². The van der Waals surface area contributed by atoms with Crippen molar-refractivity contribution in [3.05, 3.63) is 64.9 Å². The van der Waals surface area contributed by atoms with Gasteiger partial charge in [0.25, 0.3) is 0 Å². The molecule has 4 nitrogen and oxygen atoms in total. The van der Waals surface area contributed by atoms with Crippen LogP contribution in [0.15, 0.2) is 48.5 Å². The molecule has 3 aromatic rings. The molecule has 2 unspecified atom stereocenters. The van der Waals surface area contributed by atoms with E-state index in [1.165, 1.54) is 68.4 Å². The van der Waals surface area contributed by atoms with Crippen molar-refractivity contribution in [2.24, 2.45) is 0 Å². The van der Waals surface area contributed by atoms with E-state index in [2.05, 4.69) is 64.2 Å². The molecule has 0 amide bonds. The van der Waals surface area contributed by atoms with Gasteiger partial charge < -0.3 is 9.88 Å². The number of aromatic nitrogens is 2. The predicted octanol–water partition coefficient (Wildman–Crippen LogP) is 5.88. The zero-order valence-electron chi connectivity index (χ0n) is 19.6. The molecule has 3 saturated heterocycles. The van der Waals surface area contributed by atoms with Crippen LogP contribution >= 0.6 is 11.6 Å². The van der Waals surface area contributed by atoms with E-state index >= 15 is 0 Å². The SMILES string of the molecule is Cc1nc2ccccc2n1C1CC2CC[C@@H](C1)N2CCC1(c2cccc(Cl)c2)CCNCC1. The van der Waals surface area contributed by atoms with Crippen molar-refractivity contribution in [2.75, 3.05) is 19.6 Å². The van der Waals surface area contributed by atoms with Gasteiger partial charge in [0.05, 0.1) is 11.0 Å². The summed E-state index contributed by atoms with van der Waals surface area (Å²) in [6.07, 6.45) is 8.85. The third-order valence-electron chi connectivity index (χ3n) is 8.84. The van der Waals surface area contributed by atoms with Crippen LogP contribution in [0.5, 0.6) is 0 Å². The molecule has 0 radical (unpaired) electrons. The predicted molar refractivity (Wildman–Crippen MR) is 136 cm³/mol. The van der Waals surface area contributed by atoms with E-state index in [0.717, 1.165) is 23.6 Å². The molecule has 174 valence electrons. The summed E-state index contributed by atoms with van der Waals surface area (Å²) in [6.45, 7) is 5.60. The first kappa shape index (κ1) is 21.6. The van der Waals surface area contributed by atoms with Gasteiger partial charge in [-0.15, -0.1) is 0 Å². The summed E-state index contributed by atoms with van der Waals surface area (Å²) in [4.78, 5) is 7.73. The van der Waals surface area contributed by atoms with Crippen LogP contribution in [0.2, 0.25) is 5.02 Å². The standard InChI is InChI=1S/C28H35ClN4/c1-20-31-26-7-2-3-8-27(26)33(20)25-18-23-9-10-24(19-25)32(23)16-13-28(11-14-30-15-12-28)21-5-4-6-22(29)17-21/h2-8,17,23-25,30H,9-16,18-19H2,1H3/t23-,24?,25?/m0/s1. The lowest BCUT2D eigenvalue weighted by molar-refractivity contribution is 0.0929. The third-order valence-corrected chi connectivity index (χ3v) is 9.08. The first-order valence-corrected chi connectivity index (χ1v) is 13.2. The number of fused-ring (bicyclic) bond motifs is 3. The molecular weight excluding hydrogens is 428 g/mol. The van der Waals surface area contributed by atoms with Crippen molar-refractivity contribution in [1.82, 2.24) is 19.8 Å². The normalized spacial score (nSPS) is 27.3. The molecule has 1 N–H and O–H groups in total. The number of para-hydroxylation sites is 2. The summed E-state index contributed by atoms with van der Waals surface area (Å²) < 4.78 is 2.54. The second kappa shape index (κ2) is 8.72. The van der Waals surface area contributed by atoms with Gasteiger partial charge in [0.15, 0.2) is 0 Å². The number of hydrogen-bond donors (Lipinski definition) is 1. The maximum Gasteiger partial charge on any atom is 0.106 e. The Bertz CT molecular complexity index is 1120. The van der Waals surface area contributed by atoms with Gasteiger partial charge in [0, 0.05) is 23.1 Å². The highest BCUT2D eigenvalue weighted by atomic mass is 35.5. The van der Waals surface area contributed by atoms with Crippen LogP contribution in [0.1, 0.15) is 62.4 Å². The second-order valence-electron chi connectivity index (χ2n) is 10.6. The Balaban J connectivity index is 1.21. The molecular formula is C28H35ClN4. The molecule has 2 bridgehead atoms. The summed E-state index contributed by atoms with van der Waals surface area (Å²) in [5.41, 5.74) is 4.14. The number of imidazole rings is 1.